The summed E-state index contributed by atoms with van der Waals surface area (Å²) in [6.07, 6.45) is 0.929. The number of ether oxygens (including phenoxy) is 1. The maximum Gasteiger partial charge on any atom is 0.252 e. The van der Waals surface area contributed by atoms with Crippen LogP contribution in [-0.2, 0) is 4.74 Å². The summed E-state index contributed by atoms with van der Waals surface area (Å²) in [6.45, 7) is 7.49. The highest BCUT2D eigenvalue weighted by atomic mass is 16.5. The van der Waals surface area contributed by atoms with Gasteiger partial charge in [-0.3, -0.25) is 4.79 Å². The molecule has 0 saturated carbocycles. The Morgan fingerprint density at radius 3 is 2.94 bits per heavy atom. The van der Waals surface area contributed by atoms with Crippen LogP contribution in [-0.4, -0.2) is 28.7 Å². The number of hydrogen-bond acceptors (Lipinski definition) is 4. The van der Waals surface area contributed by atoms with E-state index in [4.69, 9.17) is 4.74 Å². The van der Waals surface area contributed by atoms with Crippen molar-refractivity contribution < 1.29 is 4.74 Å². The van der Waals surface area contributed by atoms with Crippen molar-refractivity contribution in [3.05, 3.63) is 22.2 Å². The van der Waals surface area contributed by atoms with Crippen LogP contribution in [0.4, 0.5) is 5.82 Å². The molecular formula is C12H19N3O2. The van der Waals surface area contributed by atoms with E-state index in [1.54, 1.807) is 0 Å². The van der Waals surface area contributed by atoms with E-state index in [0.29, 0.717) is 18.2 Å². The van der Waals surface area contributed by atoms with Gasteiger partial charge in [0.05, 0.1) is 12.1 Å². The van der Waals surface area contributed by atoms with Crippen LogP contribution >= 0.6 is 0 Å². The van der Waals surface area contributed by atoms with Crippen LogP contribution in [0, 0.1) is 0 Å². The van der Waals surface area contributed by atoms with Crippen molar-refractivity contribution in [3.8, 4) is 0 Å². The number of H-pyrrole nitrogens is 1. The number of anilines is 1. The molecule has 0 amide bonds. The van der Waals surface area contributed by atoms with Crippen molar-refractivity contribution in [2.45, 2.75) is 38.6 Å². The molecule has 1 aromatic heterocycles. The lowest BCUT2D eigenvalue weighted by Gasteiger charge is -2.24. The fourth-order valence-electron chi connectivity index (χ4n) is 1.89. The minimum absolute atomic E-state index is 0.116. The molecule has 1 aliphatic rings. The number of hydrogen-bond donors (Lipinski definition) is 2. The van der Waals surface area contributed by atoms with Gasteiger partial charge in [-0.25, -0.2) is 4.98 Å². The van der Waals surface area contributed by atoms with Crippen molar-refractivity contribution in [2.24, 2.45) is 0 Å². The largest absolute Gasteiger partial charge is 0.379 e. The Morgan fingerprint density at radius 1 is 1.59 bits per heavy atom. The van der Waals surface area contributed by atoms with Gasteiger partial charge in [-0.2, -0.15) is 0 Å². The molecule has 0 aliphatic carbocycles. The second-order valence-corrected chi connectivity index (χ2v) is 5.16. The van der Waals surface area contributed by atoms with E-state index in [2.05, 4.69) is 22.2 Å². The van der Waals surface area contributed by atoms with Crippen molar-refractivity contribution in [1.82, 2.24) is 9.97 Å². The fourth-order valence-corrected chi connectivity index (χ4v) is 1.89. The van der Waals surface area contributed by atoms with Crippen LogP contribution in [0.15, 0.2) is 10.9 Å². The predicted molar refractivity (Wildman–Crippen MR) is 66.4 cm³/mol. The van der Waals surface area contributed by atoms with Crippen molar-refractivity contribution in [3.63, 3.8) is 0 Å². The van der Waals surface area contributed by atoms with Gasteiger partial charge < -0.3 is 15.0 Å². The maximum atomic E-state index is 11.5. The van der Waals surface area contributed by atoms with Gasteiger partial charge in [0.2, 0.25) is 0 Å². The Labute approximate surface area is 101 Å². The third-order valence-corrected chi connectivity index (χ3v) is 2.96. The first-order chi connectivity index (χ1) is 7.98. The zero-order chi connectivity index (χ0) is 12.5. The first-order valence-corrected chi connectivity index (χ1v) is 5.96. The molecule has 2 heterocycles. The highest BCUT2D eigenvalue weighted by molar-refractivity contribution is 5.37. The summed E-state index contributed by atoms with van der Waals surface area (Å²) in [6, 6.07) is 1.50. The van der Waals surface area contributed by atoms with Gasteiger partial charge >= 0.3 is 0 Å². The first kappa shape index (κ1) is 12.1. The summed E-state index contributed by atoms with van der Waals surface area (Å²) in [5.41, 5.74) is -0.233. The van der Waals surface area contributed by atoms with Gasteiger partial charge in [0.1, 0.15) is 11.6 Å². The monoisotopic (exact) mass is 237 g/mol. The normalized spacial score (nSPS) is 24.2. The topological polar surface area (TPSA) is 67.0 Å². The molecule has 1 aliphatic heterocycles. The van der Waals surface area contributed by atoms with E-state index in [-0.39, 0.29) is 17.0 Å². The van der Waals surface area contributed by atoms with E-state index < -0.39 is 0 Å². The molecule has 94 valence electrons. The quantitative estimate of drug-likeness (QED) is 0.835. The van der Waals surface area contributed by atoms with Crippen LogP contribution in [0.1, 0.15) is 38.9 Å². The van der Waals surface area contributed by atoms with Gasteiger partial charge in [-0.15, -0.1) is 0 Å². The summed E-state index contributed by atoms with van der Waals surface area (Å²) >= 11 is 0. The lowest BCUT2D eigenvalue weighted by atomic mass is 10.0. The van der Waals surface area contributed by atoms with E-state index in [9.17, 15) is 4.79 Å². The zero-order valence-corrected chi connectivity index (χ0v) is 10.5. The number of nitrogens with zero attached hydrogens (tertiary/aromatic N) is 1. The van der Waals surface area contributed by atoms with E-state index >= 15 is 0 Å². The molecule has 1 saturated heterocycles. The van der Waals surface area contributed by atoms with Crippen molar-refractivity contribution in [1.29, 1.82) is 0 Å². The van der Waals surface area contributed by atoms with E-state index in [1.807, 2.05) is 13.8 Å². The molecule has 2 N–H and O–H groups in total. The maximum absolute atomic E-state index is 11.5. The third-order valence-electron chi connectivity index (χ3n) is 2.96. The Morgan fingerprint density at radius 2 is 2.35 bits per heavy atom. The zero-order valence-electron chi connectivity index (χ0n) is 10.5. The highest BCUT2D eigenvalue weighted by Gasteiger charge is 2.29. The second kappa shape index (κ2) is 4.49. The summed E-state index contributed by atoms with van der Waals surface area (Å²) in [4.78, 5) is 18.7. The molecule has 2 rings (SSSR count). The molecular weight excluding hydrogens is 218 g/mol. The lowest BCUT2D eigenvalue weighted by molar-refractivity contribution is 0.185. The standard InChI is InChI=1S/C12H19N3O2/c1-8(2)11-13-9(6-10(16)14-11)15-12(3)4-5-17-7-12/h6,8H,4-5,7H2,1-3H3,(H2,13,14,15,16). The van der Waals surface area contributed by atoms with Gasteiger partial charge in [-0.1, -0.05) is 13.8 Å². The Kier molecular flexibility index (Phi) is 3.19. The SMILES string of the molecule is CC(C)c1nc(NC2(C)CCOC2)cc(=O)[nH]1. The first-order valence-electron chi connectivity index (χ1n) is 5.96. The van der Waals surface area contributed by atoms with Crippen molar-refractivity contribution >= 4 is 5.82 Å². The van der Waals surface area contributed by atoms with Crippen LogP contribution in [0.5, 0.6) is 0 Å². The van der Waals surface area contributed by atoms with E-state index in [1.165, 1.54) is 6.07 Å². The van der Waals surface area contributed by atoms with Crippen molar-refractivity contribution in [2.75, 3.05) is 18.5 Å². The number of aromatic amines is 1. The average molecular weight is 237 g/mol. The summed E-state index contributed by atoms with van der Waals surface area (Å²) in [5, 5.41) is 3.30. The molecule has 1 aromatic rings. The highest BCUT2D eigenvalue weighted by Crippen LogP contribution is 2.22. The molecule has 17 heavy (non-hydrogen) atoms. The van der Waals surface area contributed by atoms with Gasteiger partial charge in [0.25, 0.3) is 5.56 Å². The summed E-state index contributed by atoms with van der Waals surface area (Å²) in [7, 11) is 0. The van der Waals surface area contributed by atoms with Gasteiger partial charge in [0.15, 0.2) is 0 Å². The van der Waals surface area contributed by atoms with Crippen LogP contribution in [0.3, 0.4) is 0 Å². The minimum atomic E-state index is -0.117. The molecule has 5 heteroatoms. The molecule has 1 unspecified atom stereocenters. The molecule has 0 spiro atoms. The van der Waals surface area contributed by atoms with Gasteiger partial charge in [-0.05, 0) is 13.3 Å². The summed E-state index contributed by atoms with van der Waals surface area (Å²) in [5.74, 6) is 1.55. The minimum Gasteiger partial charge on any atom is -0.379 e. The molecule has 5 nitrogen and oxygen atoms in total. The average Bonchev–Trinajstić information content (AvgIpc) is 2.63. The number of aromatic nitrogens is 2. The van der Waals surface area contributed by atoms with Crippen LogP contribution < -0.4 is 10.9 Å². The second-order valence-electron chi connectivity index (χ2n) is 5.16. The summed E-state index contributed by atoms with van der Waals surface area (Å²) < 4.78 is 5.36. The smallest absolute Gasteiger partial charge is 0.252 e. The van der Waals surface area contributed by atoms with E-state index in [0.717, 1.165) is 13.0 Å². The van der Waals surface area contributed by atoms with Crippen LogP contribution in [0.25, 0.3) is 0 Å². The molecule has 1 atom stereocenters. The number of rotatable bonds is 3. The Hall–Kier alpha value is -1.36. The lowest BCUT2D eigenvalue weighted by Crippen LogP contribution is -2.36. The Balaban J connectivity index is 2.23. The molecule has 0 aromatic carbocycles. The third kappa shape index (κ3) is 2.85. The molecule has 0 bridgehead atoms. The molecule has 0 radical (unpaired) electrons. The predicted octanol–water partition coefficient (Wildman–Crippen LogP) is 1.48. The fraction of sp³-hybridized carbons (Fsp3) is 0.667. The molecule has 1 fully saturated rings. The van der Waals surface area contributed by atoms with Gasteiger partial charge in [0, 0.05) is 18.6 Å². The Bertz CT molecular complexity index is 447. The number of nitrogens with one attached hydrogen (secondary N) is 2. The van der Waals surface area contributed by atoms with Crippen LogP contribution in [0.2, 0.25) is 0 Å².